The van der Waals surface area contributed by atoms with Crippen LogP contribution in [-0.4, -0.2) is 18.1 Å². The number of Topliss-reactive ketones (excluding diaryl/α,β-unsaturated/α-hetero) is 1. The van der Waals surface area contributed by atoms with Crippen molar-refractivity contribution in [3.63, 3.8) is 0 Å². The molecule has 0 saturated heterocycles. The first kappa shape index (κ1) is 18.4. The number of carbonyl (C=O) groups excluding carboxylic acids is 1. The van der Waals surface area contributed by atoms with Crippen LogP contribution >= 0.6 is 18.7 Å². The van der Waals surface area contributed by atoms with Gasteiger partial charge in [-0.25, -0.2) is 0 Å². The van der Waals surface area contributed by atoms with Crippen LogP contribution in [0, 0.1) is 5.92 Å². The van der Waals surface area contributed by atoms with Crippen LogP contribution in [0.5, 0.6) is 0 Å². The van der Waals surface area contributed by atoms with E-state index in [0.717, 1.165) is 16.7 Å². The van der Waals surface area contributed by atoms with Crippen molar-refractivity contribution in [2.75, 3.05) is 12.3 Å². The van der Waals surface area contributed by atoms with Gasteiger partial charge in [0.2, 0.25) is 0 Å². The van der Waals surface area contributed by atoms with E-state index in [9.17, 15) is 9.36 Å². The number of hydrogen-bond donors (Lipinski definition) is 0. The minimum absolute atomic E-state index is 0.0383. The Kier molecular flexibility index (Phi) is 5.23. The zero-order chi connectivity index (χ0) is 18.2. The van der Waals surface area contributed by atoms with Gasteiger partial charge in [-0.1, -0.05) is 74.8 Å². The van der Waals surface area contributed by atoms with Gasteiger partial charge in [0, 0.05) is 22.2 Å². The Labute approximate surface area is 155 Å². The van der Waals surface area contributed by atoms with Crippen molar-refractivity contribution < 1.29 is 9.36 Å². The van der Waals surface area contributed by atoms with E-state index in [0.29, 0.717) is 17.3 Å². The lowest BCUT2D eigenvalue weighted by molar-refractivity contribution is 0.0921. The maximum atomic E-state index is 13.8. The highest BCUT2D eigenvalue weighted by Crippen LogP contribution is 2.66. The molecule has 4 heteroatoms. The van der Waals surface area contributed by atoms with Crippen molar-refractivity contribution in [1.29, 1.82) is 0 Å². The van der Waals surface area contributed by atoms with E-state index in [4.69, 9.17) is 11.6 Å². The summed E-state index contributed by atoms with van der Waals surface area (Å²) in [4.78, 5) is 13.2. The molecule has 0 saturated carbocycles. The summed E-state index contributed by atoms with van der Waals surface area (Å²) in [6, 6.07) is 15.3. The molecule has 1 aliphatic carbocycles. The minimum Gasteiger partial charge on any atom is -0.323 e. The van der Waals surface area contributed by atoms with Crippen molar-refractivity contribution in [3.05, 3.63) is 70.2 Å². The minimum atomic E-state index is -2.60. The average Bonchev–Trinajstić information content (AvgIpc) is 2.88. The van der Waals surface area contributed by atoms with Crippen molar-refractivity contribution >= 4 is 24.5 Å². The summed E-state index contributed by atoms with van der Waals surface area (Å²) in [5.41, 5.74) is 2.37. The lowest BCUT2D eigenvalue weighted by atomic mass is 9.87. The monoisotopic (exact) mass is 374 g/mol. The molecule has 3 unspecified atom stereocenters. The molecular weight excluding hydrogens is 351 g/mol. The lowest BCUT2D eigenvalue weighted by Crippen LogP contribution is -2.23. The topological polar surface area (TPSA) is 34.1 Å². The van der Waals surface area contributed by atoms with E-state index < -0.39 is 7.14 Å². The molecule has 2 aromatic rings. The Hall–Kier alpha value is -1.37. The zero-order valence-electron chi connectivity index (χ0n) is 14.9. The van der Waals surface area contributed by atoms with Gasteiger partial charge in [0.15, 0.2) is 5.78 Å². The van der Waals surface area contributed by atoms with E-state index in [-0.39, 0.29) is 23.3 Å². The molecule has 0 heterocycles. The van der Waals surface area contributed by atoms with Gasteiger partial charge in [0.1, 0.15) is 0 Å². The fraction of sp³-hybridized carbons (Fsp3) is 0.381. The molecule has 3 atom stereocenters. The molecule has 1 aliphatic rings. The largest absolute Gasteiger partial charge is 0.323 e. The molecule has 2 aromatic carbocycles. The SMILES string of the molecule is CCP(=O)(CC)C(c1ccccc1Cl)C1C(=O)c2ccccc2C1C. The third-order valence-corrected chi connectivity index (χ3v) is 9.80. The second kappa shape index (κ2) is 7.09. The molecule has 0 aliphatic heterocycles. The average molecular weight is 375 g/mol. The van der Waals surface area contributed by atoms with Gasteiger partial charge in [0.05, 0.1) is 7.14 Å². The summed E-state index contributed by atoms with van der Waals surface area (Å²) < 4.78 is 13.8. The molecule has 0 radical (unpaired) electrons. The van der Waals surface area contributed by atoms with Gasteiger partial charge in [-0.15, -0.1) is 0 Å². The van der Waals surface area contributed by atoms with Crippen LogP contribution in [0.4, 0.5) is 0 Å². The number of rotatable bonds is 5. The summed E-state index contributed by atoms with van der Waals surface area (Å²) in [7, 11) is -2.60. The van der Waals surface area contributed by atoms with Crippen LogP contribution in [0.2, 0.25) is 5.02 Å². The van der Waals surface area contributed by atoms with Crippen molar-refractivity contribution in [2.45, 2.75) is 32.3 Å². The molecule has 25 heavy (non-hydrogen) atoms. The molecule has 0 fully saturated rings. The molecule has 0 aromatic heterocycles. The standard InChI is InChI=1S/C21H24ClO2P/c1-4-25(24,5-2)21(17-12-8-9-13-18(17)22)19-14(3)15-10-6-7-11-16(15)20(19)23/h6-14,19,21H,4-5H2,1-3H3. The highest BCUT2D eigenvalue weighted by Gasteiger charge is 2.48. The van der Waals surface area contributed by atoms with Gasteiger partial charge < -0.3 is 4.57 Å². The number of benzene rings is 2. The van der Waals surface area contributed by atoms with E-state index in [2.05, 4.69) is 6.92 Å². The second-order valence-electron chi connectivity index (χ2n) is 6.82. The predicted molar refractivity (Wildman–Crippen MR) is 106 cm³/mol. The Morgan fingerprint density at radius 3 is 2.24 bits per heavy atom. The number of ketones is 1. The molecule has 0 spiro atoms. The first-order chi connectivity index (χ1) is 11.9. The van der Waals surface area contributed by atoms with Gasteiger partial charge in [0.25, 0.3) is 0 Å². The zero-order valence-corrected chi connectivity index (χ0v) is 16.6. The maximum Gasteiger partial charge on any atom is 0.167 e. The smallest absolute Gasteiger partial charge is 0.167 e. The van der Waals surface area contributed by atoms with Crippen LogP contribution in [0.1, 0.15) is 53.8 Å². The first-order valence-corrected chi connectivity index (χ1v) is 11.4. The Morgan fingerprint density at radius 1 is 1.04 bits per heavy atom. The normalized spacial score (nSPS) is 21.2. The van der Waals surface area contributed by atoms with Crippen LogP contribution in [0.15, 0.2) is 48.5 Å². The fourth-order valence-corrected chi connectivity index (χ4v) is 7.48. The summed E-state index contributed by atoms with van der Waals surface area (Å²) in [6.07, 6.45) is 1.15. The summed E-state index contributed by atoms with van der Waals surface area (Å²) >= 11 is 6.49. The third-order valence-electron chi connectivity index (χ3n) is 5.70. The van der Waals surface area contributed by atoms with E-state index in [1.807, 2.05) is 62.4 Å². The summed E-state index contributed by atoms with van der Waals surface area (Å²) in [6.45, 7) is 6.00. The number of halogens is 1. The molecular formula is C21H24ClO2P. The van der Waals surface area contributed by atoms with Crippen LogP contribution in [-0.2, 0) is 4.57 Å². The Bertz CT molecular complexity index is 837. The Balaban J connectivity index is 2.19. The van der Waals surface area contributed by atoms with Crippen molar-refractivity contribution in [1.82, 2.24) is 0 Å². The lowest BCUT2D eigenvalue weighted by Gasteiger charge is -2.33. The van der Waals surface area contributed by atoms with Gasteiger partial charge in [-0.2, -0.15) is 0 Å². The highest BCUT2D eigenvalue weighted by atomic mass is 35.5. The number of hydrogen-bond acceptors (Lipinski definition) is 2. The van der Waals surface area contributed by atoms with Gasteiger partial charge in [-0.3, -0.25) is 4.79 Å². The molecule has 0 amide bonds. The summed E-state index contributed by atoms with van der Waals surface area (Å²) in [5.74, 6) is -0.172. The van der Waals surface area contributed by atoms with E-state index in [1.165, 1.54) is 0 Å². The quantitative estimate of drug-likeness (QED) is 0.567. The van der Waals surface area contributed by atoms with Crippen LogP contribution in [0.3, 0.4) is 0 Å². The van der Waals surface area contributed by atoms with E-state index >= 15 is 0 Å². The number of carbonyl (C=O) groups is 1. The molecule has 0 N–H and O–H groups in total. The Morgan fingerprint density at radius 2 is 1.64 bits per heavy atom. The van der Waals surface area contributed by atoms with Gasteiger partial charge >= 0.3 is 0 Å². The van der Waals surface area contributed by atoms with E-state index in [1.54, 1.807) is 0 Å². The first-order valence-electron chi connectivity index (χ1n) is 8.90. The van der Waals surface area contributed by atoms with Gasteiger partial charge in [-0.05, 0) is 35.4 Å². The molecule has 3 rings (SSSR count). The fourth-order valence-electron chi connectivity index (χ4n) is 4.21. The molecule has 2 nitrogen and oxygen atoms in total. The highest BCUT2D eigenvalue weighted by molar-refractivity contribution is 7.64. The van der Waals surface area contributed by atoms with Crippen molar-refractivity contribution in [3.8, 4) is 0 Å². The predicted octanol–water partition coefficient (Wildman–Crippen LogP) is 6.40. The number of fused-ring (bicyclic) bond motifs is 1. The van der Waals surface area contributed by atoms with Crippen molar-refractivity contribution in [2.24, 2.45) is 5.92 Å². The molecule has 0 bridgehead atoms. The molecule has 132 valence electrons. The third kappa shape index (κ3) is 3.00. The van der Waals surface area contributed by atoms with Crippen LogP contribution < -0.4 is 0 Å². The summed E-state index contributed by atoms with van der Waals surface area (Å²) in [5, 5.41) is 0.602. The van der Waals surface area contributed by atoms with Crippen LogP contribution in [0.25, 0.3) is 0 Å². The maximum absolute atomic E-state index is 13.8. The second-order valence-corrected chi connectivity index (χ2v) is 11.0.